The lowest BCUT2D eigenvalue weighted by Crippen LogP contribution is -2.08. The number of para-hydroxylation sites is 1. The lowest BCUT2D eigenvalue weighted by Gasteiger charge is -2.11. The molecule has 0 bridgehead atoms. The number of fused-ring (bicyclic) bond motifs is 1. The number of H-pyrrole nitrogens is 1. The summed E-state index contributed by atoms with van der Waals surface area (Å²) in [5, 5.41) is 0.645. The molecule has 0 unspecified atom stereocenters. The normalized spacial score (nSPS) is 10.9. The number of aromatic amines is 1. The highest BCUT2D eigenvalue weighted by Crippen LogP contribution is 2.33. The van der Waals surface area contributed by atoms with Crippen molar-refractivity contribution in [3.63, 3.8) is 0 Å². The molecule has 0 aliphatic carbocycles. The summed E-state index contributed by atoms with van der Waals surface area (Å²) in [6.07, 6.45) is 0. The Hall–Kier alpha value is -2.85. The van der Waals surface area contributed by atoms with Crippen LogP contribution in [0.15, 0.2) is 93.4 Å². The second-order valence-corrected chi connectivity index (χ2v) is 6.71. The van der Waals surface area contributed by atoms with E-state index in [1.165, 1.54) is 23.9 Å². The average molecular weight is 347 g/mol. The SMILES string of the molecule is O=c1c(Sc2ccccc2)c(-c2ccc(F)cc2)[nH]c2ccccc12. The molecule has 1 heterocycles. The maximum atomic E-state index is 13.3. The van der Waals surface area contributed by atoms with Crippen molar-refractivity contribution in [2.75, 3.05) is 0 Å². The van der Waals surface area contributed by atoms with E-state index in [9.17, 15) is 9.18 Å². The maximum absolute atomic E-state index is 13.3. The Balaban J connectivity index is 1.97. The number of benzene rings is 3. The van der Waals surface area contributed by atoms with Crippen molar-refractivity contribution >= 4 is 22.7 Å². The van der Waals surface area contributed by atoms with Gasteiger partial charge in [0.25, 0.3) is 0 Å². The fourth-order valence-electron chi connectivity index (χ4n) is 2.74. The van der Waals surface area contributed by atoms with Crippen LogP contribution in [-0.4, -0.2) is 4.98 Å². The molecule has 4 aromatic rings. The Morgan fingerprint density at radius 1 is 0.800 bits per heavy atom. The molecule has 4 rings (SSSR count). The molecular weight excluding hydrogens is 333 g/mol. The van der Waals surface area contributed by atoms with Gasteiger partial charge in [0.2, 0.25) is 5.43 Å². The number of hydrogen-bond donors (Lipinski definition) is 1. The van der Waals surface area contributed by atoms with E-state index in [0.29, 0.717) is 16.0 Å². The highest BCUT2D eigenvalue weighted by Gasteiger charge is 2.15. The van der Waals surface area contributed by atoms with Gasteiger partial charge < -0.3 is 4.98 Å². The molecule has 1 N–H and O–H groups in total. The van der Waals surface area contributed by atoms with Crippen LogP contribution in [0.1, 0.15) is 0 Å². The van der Waals surface area contributed by atoms with Crippen molar-refractivity contribution in [1.29, 1.82) is 0 Å². The minimum Gasteiger partial charge on any atom is -0.353 e. The first-order valence-corrected chi connectivity index (χ1v) is 8.68. The van der Waals surface area contributed by atoms with E-state index >= 15 is 0 Å². The number of hydrogen-bond acceptors (Lipinski definition) is 2. The molecule has 0 fully saturated rings. The lowest BCUT2D eigenvalue weighted by molar-refractivity contribution is 0.628. The Bertz CT molecular complexity index is 1090. The molecule has 3 aromatic carbocycles. The second-order valence-electron chi connectivity index (χ2n) is 5.63. The number of rotatable bonds is 3. The summed E-state index contributed by atoms with van der Waals surface area (Å²) >= 11 is 1.42. The lowest BCUT2D eigenvalue weighted by atomic mass is 10.1. The fourth-order valence-corrected chi connectivity index (χ4v) is 3.74. The molecule has 0 saturated heterocycles. The van der Waals surface area contributed by atoms with Crippen molar-refractivity contribution in [3.8, 4) is 11.3 Å². The number of halogens is 1. The quantitative estimate of drug-likeness (QED) is 0.532. The summed E-state index contributed by atoms with van der Waals surface area (Å²) < 4.78 is 13.3. The molecule has 4 heteroatoms. The van der Waals surface area contributed by atoms with Crippen LogP contribution in [-0.2, 0) is 0 Å². The molecular formula is C21H14FNOS. The first kappa shape index (κ1) is 15.7. The minimum atomic E-state index is -0.302. The summed E-state index contributed by atoms with van der Waals surface area (Å²) in [7, 11) is 0. The molecule has 1 aromatic heterocycles. The largest absolute Gasteiger partial charge is 0.353 e. The number of aromatic nitrogens is 1. The maximum Gasteiger partial charge on any atom is 0.203 e. The molecule has 0 radical (unpaired) electrons. The van der Waals surface area contributed by atoms with E-state index in [0.717, 1.165) is 16.0 Å². The van der Waals surface area contributed by atoms with Crippen LogP contribution in [0.5, 0.6) is 0 Å². The third-order valence-corrected chi connectivity index (χ3v) is 5.06. The van der Waals surface area contributed by atoms with Crippen molar-refractivity contribution in [2.45, 2.75) is 9.79 Å². The topological polar surface area (TPSA) is 32.9 Å². The van der Waals surface area contributed by atoms with E-state index < -0.39 is 0 Å². The van der Waals surface area contributed by atoms with Crippen LogP contribution in [0.4, 0.5) is 4.39 Å². The Morgan fingerprint density at radius 3 is 2.24 bits per heavy atom. The van der Waals surface area contributed by atoms with Gasteiger partial charge in [-0.25, -0.2) is 4.39 Å². The molecule has 2 nitrogen and oxygen atoms in total. The average Bonchev–Trinajstić information content (AvgIpc) is 2.65. The van der Waals surface area contributed by atoms with Crippen LogP contribution in [0.3, 0.4) is 0 Å². The van der Waals surface area contributed by atoms with Crippen LogP contribution in [0.2, 0.25) is 0 Å². The molecule has 25 heavy (non-hydrogen) atoms. The predicted molar refractivity (Wildman–Crippen MR) is 101 cm³/mol. The minimum absolute atomic E-state index is 0.0254. The van der Waals surface area contributed by atoms with E-state index in [2.05, 4.69) is 4.98 Å². The van der Waals surface area contributed by atoms with Gasteiger partial charge in [0.1, 0.15) is 5.82 Å². The Kier molecular flexibility index (Phi) is 4.12. The summed E-state index contributed by atoms with van der Waals surface area (Å²) in [5.41, 5.74) is 2.23. The zero-order valence-electron chi connectivity index (χ0n) is 13.2. The first-order valence-electron chi connectivity index (χ1n) is 7.86. The van der Waals surface area contributed by atoms with Gasteiger partial charge in [-0.2, -0.15) is 0 Å². The number of pyridine rings is 1. The van der Waals surface area contributed by atoms with Gasteiger partial charge in [-0.1, -0.05) is 42.1 Å². The van der Waals surface area contributed by atoms with Gasteiger partial charge in [0.15, 0.2) is 0 Å². The third-order valence-electron chi connectivity index (χ3n) is 3.96. The zero-order valence-corrected chi connectivity index (χ0v) is 14.0. The fraction of sp³-hybridized carbons (Fsp3) is 0. The van der Waals surface area contributed by atoms with Crippen LogP contribution >= 0.6 is 11.8 Å². The molecule has 0 saturated carbocycles. The second kappa shape index (κ2) is 6.57. The van der Waals surface area contributed by atoms with Crippen molar-refractivity contribution < 1.29 is 4.39 Å². The Labute approximate surface area is 148 Å². The molecule has 0 aliphatic rings. The van der Waals surface area contributed by atoms with Gasteiger partial charge in [0, 0.05) is 15.8 Å². The van der Waals surface area contributed by atoms with E-state index in [1.54, 1.807) is 12.1 Å². The molecule has 0 aliphatic heterocycles. The van der Waals surface area contributed by atoms with Gasteiger partial charge in [-0.3, -0.25) is 4.79 Å². The summed E-state index contributed by atoms with van der Waals surface area (Å²) in [6.45, 7) is 0. The summed E-state index contributed by atoms with van der Waals surface area (Å²) in [5.74, 6) is -0.302. The highest BCUT2D eigenvalue weighted by molar-refractivity contribution is 7.99. The van der Waals surface area contributed by atoms with Crippen LogP contribution in [0.25, 0.3) is 22.2 Å². The molecule has 122 valence electrons. The van der Waals surface area contributed by atoms with E-state index in [4.69, 9.17) is 0 Å². The molecule has 0 atom stereocenters. The van der Waals surface area contributed by atoms with Gasteiger partial charge in [-0.05, 0) is 54.1 Å². The highest BCUT2D eigenvalue weighted by atomic mass is 32.2. The standard InChI is InChI=1S/C21H14FNOS/c22-15-12-10-14(11-13-15)19-21(25-16-6-2-1-3-7-16)20(24)17-8-4-5-9-18(17)23-19/h1-13H,(H,23,24). The smallest absolute Gasteiger partial charge is 0.203 e. The zero-order chi connectivity index (χ0) is 17.2. The molecule has 0 spiro atoms. The van der Waals surface area contributed by atoms with Gasteiger partial charge in [-0.15, -0.1) is 0 Å². The van der Waals surface area contributed by atoms with Gasteiger partial charge >= 0.3 is 0 Å². The number of nitrogens with one attached hydrogen (secondary N) is 1. The van der Waals surface area contributed by atoms with Crippen molar-refractivity contribution in [1.82, 2.24) is 4.98 Å². The molecule has 0 amide bonds. The van der Waals surface area contributed by atoms with E-state index in [-0.39, 0.29) is 11.2 Å². The van der Waals surface area contributed by atoms with Gasteiger partial charge in [0.05, 0.1) is 10.6 Å². The van der Waals surface area contributed by atoms with Crippen molar-refractivity contribution in [3.05, 3.63) is 94.9 Å². The van der Waals surface area contributed by atoms with Crippen LogP contribution in [0, 0.1) is 5.82 Å². The van der Waals surface area contributed by atoms with Crippen LogP contribution < -0.4 is 5.43 Å². The summed E-state index contributed by atoms with van der Waals surface area (Å²) in [4.78, 5) is 18.0. The summed E-state index contributed by atoms with van der Waals surface area (Å²) in [6, 6.07) is 23.4. The monoisotopic (exact) mass is 347 g/mol. The van der Waals surface area contributed by atoms with E-state index in [1.807, 2.05) is 54.6 Å². The predicted octanol–water partition coefficient (Wildman–Crippen LogP) is 5.49. The third kappa shape index (κ3) is 3.08. The first-order chi connectivity index (χ1) is 12.2. The van der Waals surface area contributed by atoms with Crippen molar-refractivity contribution in [2.24, 2.45) is 0 Å². The Morgan fingerprint density at radius 2 is 1.48 bits per heavy atom.